The molecule has 2 heterocycles. The molecule has 13 heteroatoms. The minimum absolute atomic E-state index is 0.0257. The molecule has 5 rings (SSSR count). The van der Waals surface area contributed by atoms with Gasteiger partial charge < -0.3 is 30.3 Å². The Kier molecular flexibility index (Phi) is 13.3. The Morgan fingerprint density at radius 2 is 1.56 bits per heavy atom. The van der Waals surface area contributed by atoms with Crippen LogP contribution in [0.25, 0.3) is 0 Å². The SMILES string of the molecule is COC[C@H](NC(=O)N(Cc1cnsc1)C1CC1)C(=O)N[C@@H](CC[C@@H](Cc1ccccc1)NC(=O)OCc1cncs1)Cc1ccccc1. The van der Waals surface area contributed by atoms with Crippen molar-refractivity contribution in [1.82, 2.24) is 30.2 Å². The summed E-state index contributed by atoms with van der Waals surface area (Å²) in [7, 11) is 1.51. The highest BCUT2D eigenvalue weighted by molar-refractivity contribution is 7.09. The number of ether oxygens (including phenoxy) is 2. The van der Waals surface area contributed by atoms with Gasteiger partial charge in [0, 0.05) is 48.6 Å². The Balaban J connectivity index is 1.25. The number of rotatable bonds is 18. The van der Waals surface area contributed by atoms with E-state index in [0.29, 0.717) is 32.2 Å². The highest BCUT2D eigenvalue weighted by Gasteiger charge is 2.35. The molecule has 4 aromatic rings. The number of carbonyl (C=O) groups is 3. The first-order valence-electron chi connectivity index (χ1n) is 16.1. The van der Waals surface area contributed by atoms with E-state index >= 15 is 0 Å². The third kappa shape index (κ3) is 11.4. The van der Waals surface area contributed by atoms with Gasteiger partial charge in [-0.3, -0.25) is 9.78 Å². The standard InChI is InChI=1S/C35H42N6O5S2/c1-45-22-32(40-34(43)41(30-14-15-30)20-27-18-37-48-23-27)33(42)38-28(16-25-8-4-2-5-9-25)12-13-29(17-26-10-6-3-7-11-26)39-35(44)46-21-31-19-36-24-47-31/h2-11,18-19,23-24,28-30,32H,12-17,20-22H2,1H3,(H,38,42)(H,39,44)(H,40,43)/t28-,29-,32-/m0/s1. The van der Waals surface area contributed by atoms with E-state index in [2.05, 4.69) is 25.3 Å². The van der Waals surface area contributed by atoms with Gasteiger partial charge in [-0.2, -0.15) is 0 Å². The van der Waals surface area contributed by atoms with Crippen LogP contribution in [0.5, 0.6) is 0 Å². The molecule has 0 unspecified atom stereocenters. The Hall–Kier alpha value is -4.33. The molecule has 11 nitrogen and oxygen atoms in total. The fraction of sp³-hybridized carbons (Fsp3) is 0.400. The van der Waals surface area contributed by atoms with Gasteiger partial charge in [-0.15, -0.1) is 11.3 Å². The van der Waals surface area contributed by atoms with E-state index in [-0.39, 0.29) is 43.3 Å². The molecular formula is C35H42N6O5S2. The molecule has 48 heavy (non-hydrogen) atoms. The van der Waals surface area contributed by atoms with Crippen molar-refractivity contribution in [3.63, 3.8) is 0 Å². The first-order chi connectivity index (χ1) is 23.5. The molecule has 0 aliphatic heterocycles. The number of carbonyl (C=O) groups excluding carboxylic acids is 3. The average molecular weight is 691 g/mol. The molecule has 3 atom stereocenters. The number of thiazole rings is 1. The van der Waals surface area contributed by atoms with Crippen LogP contribution in [0.1, 0.15) is 47.3 Å². The van der Waals surface area contributed by atoms with Crippen molar-refractivity contribution in [3.05, 3.63) is 106 Å². The number of methoxy groups -OCH3 is 1. The van der Waals surface area contributed by atoms with Crippen LogP contribution >= 0.6 is 22.9 Å². The zero-order valence-corrected chi connectivity index (χ0v) is 28.6. The summed E-state index contributed by atoms with van der Waals surface area (Å²) in [5.41, 5.74) is 4.81. The van der Waals surface area contributed by atoms with Crippen molar-refractivity contribution in [2.24, 2.45) is 0 Å². The van der Waals surface area contributed by atoms with Gasteiger partial charge in [-0.1, -0.05) is 60.7 Å². The number of benzene rings is 2. The van der Waals surface area contributed by atoms with Crippen LogP contribution in [-0.4, -0.2) is 70.2 Å². The van der Waals surface area contributed by atoms with Gasteiger partial charge in [0.2, 0.25) is 5.91 Å². The molecule has 254 valence electrons. The van der Waals surface area contributed by atoms with E-state index in [4.69, 9.17) is 9.47 Å². The summed E-state index contributed by atoms with van der Waals surface area (Å²) in [6.45, 7) is 0.613. The van der Waals surface area contributed by atoms with Gasteiger partial charge in [-0.25, -0.2) is 14.0 Å². The summed E-state index contributed by atoms with van der Waals surface area (Å²) in [6.07, 6.45) is 7.13. The largest absolute Gasteiger partial charge is 0.444 e. The number of nitrogens with zero attached hydrogens (tertiary/aromatic N) is 3. The molecule has 0 saturated heterocycles. The zero-order chi connectivity index (χ0) is 33.6. The van der Waals surface area contributed by atoms with E-state index in [1.54, 1.807) is 22.8 Å². The van der Waals surface area contributed by atoms with Crippen molar-refractivity contribution in [2.75, 3.05) is 13.7 Å². The summed E-state index contributed by atoms with van der Waals surface area (Å²) in [5.74, 6) is -0.324. The molecule has 1 aliphatic carbocycles. The summed E-state index contributed by atoms with van der Waals surface area (Å²) in [6, 6.07) is 18.3. The van der Waals surface area contributed by atoms with Gasteiger partial charge in [0.25, 0.3) is 0 Å². The molecule has 1 aliphatic rings. The average Bonchev–Trinajstić information content (AvgIpc) is 3.54. The van der Waals surface area contributed by atoms with Gasteiger partial charge >= 0.3 is 12.1 Å². The smallest absolute Gasteiger partial charge is 0.407 e. The maximum atomic E-state index is 13.8. The number of hydrogen-bond acceptors (Lipinski definition) is 9. The molecule has 3 N–H and O–H groups in total. The highest BCUT2D eigenvalue weighted by atomic mass is 32.1. The predicted molar refractivity (Wildman–Crippen MR) is 186 cm³/mol. The molecule has 4 amide bonds. The van der Waals surface area contributed by atoms with Gasteiger partial charge in [0.15, 0.2) is 0 Å². The third-order valence-electron chi connectivity index (χ3n) is 8.04. The predicted octanol–water partition coefficient (Wildman–Crippen LogP) is 5.33. The van der Waals surface area contributed by atoms with Crippen molar-refractivity contribution >= 4 is 40.9 Å². The first kappa shape index (κ1) is 35.0. The lowest BCUT2D eigenvalue weighted by atomic mass is 9.96. The fourth-order valence-electron chi connectivity index (χ4n) is 5.45. The van der Waals surface area contributed by atoms with Crippen LogP contribution in [0, 0.1) is 0 Å². The topological polar surface area (TPSA) is 135 Å². The molecule has 1 fully saturated rings. The number of nitrogens with one attached hydrogen (secondary N) is 3. The Morgan fingerprint density at radius 3 is 2.12 bits per heavy atom. The second-order valence-corrected chi connectivity index (χ2v) is 13.5. The first-order valence-corrected chi connectivity index (χ1v) is 17.8. The monoisotopic (exact) mass is 690 g/mol. The van der Waals surface area contributed by atoms with E-state index < -0.39 is 12.1 Å². The minimum Gasteiger partial charge on any atom is -0.444 e. The fourth-order valence-corrected chi connectivity index (χ4v) is 6.48. The lowest BCUT2D eigenvalue weighted by Gasteiger charge is -2.28. The second-order valence-electron chi connectivity index (χ2n) is 11.9. The summed E-state index contributed by atoms with van der Waals surface area (Å²) >= 11 is 2.77. The number of alkyl carbamates (subject to hydrolysis) is 1. The Morgan fingerprint density at radius 1 is 0.896 bits per heavy atom. The summed E-state index contributed by atoms with van der Waals surface area (Å²) in [4.78, 5) is 46.7. The molecule has 0 spiro atoms. The number of hydrogen-bond donors (Lipinski definition) is 3. The van der Waals surface area contributed by atoms with E-state index in [9.17, 15) is 14.4 Å². The maximum absolute atomic E-state index is 13.8. The quantitative estimate of drug-likeness (QED) is 0.128. The summed E-state index contributed by atoms with van der Waals surface area (Å²) < 4.78 is 15.0. The van der Waals surface area contributed by atoms with Crippen LogP contribution < -0.4 is 16.0 Å². The molecule has 0 radical (unpaired) electrons. The second kappa shape index (κ2) is 18.3. The van der Waals surface area contributed by atoms with Crippen LogP contribution in [0.15, 0.2) is 83.9 Å². The third-order valence-corrected chi connectivity index (χ3v) is 9.43. The molecule has 2 aromatic carbocycles. The molecule has 1 saturated carbocycles. The van der Waals surface area contributed by atoms with Crippen LogP contribution in [0.4, 0.5) is 9.59 Å². The molecule has 0 bridgehead atoms. The molecular weight excluding hydrogens is 649 g/mol. The van der Waals surface area contributed by atoms with Crippen molar-refractivity contribution < 1.29 is 23.9 Å². The van der Waals surface area contributed by atoms with Crippen LogP contribution in [0.2, 0.25) is 0 Å². The van der Waals surface area contributed by atoms with Crippen LogP contribution in [0.3, 0.4) is 0 Å². The maximum Gasteiger partial charge on any atom is 0.407 e. The lowest BCUT2D eigenvalue weighted by molar-refractivity contribution is -0.125. The normalized spacial score (nSPS) is 14.4. The number of urea groups is 1. The highest BCUT2D eigenvalue weighted by Crippen LogP contribution is 2.28. The Bertz CT molecular complexity index is 1540. The van der Waals surface area contributed by atoms with Crippen molar-refractivity contribution in [2.45, 2.75) is 75.8 Å². The lowest BCUT2D eigenvalue weighted by Crippen LogP contribution is -2.55. The number of aromatic nitrogens is 2. The van der Waals surface area contributed by atoms with Gasteiger partial charge in [0.1, 0.15) is 12.6 Å². The minimum atomic E-state index is -0.886. The van der Waals surface area contributed by atoms with Crippen molar-refractivity contribution in [3.8, 4) is 0 Å². The van der Waals surface area contributed by atoms with Gasteiger partial charge in [-0.05, 0) is 61.2 Å². The zero-order valence-electron chi connectivity index (χ0n) is 27.0. The van der Waals surface area contributed by atoms with E-state index in [0.717, 1.165) is 34.4 Å². The summed E-state index contributed by atoms with van der Waals surface area (Å²) in [5, 5.41) is 11.1. The van der Waals surface area contributed by atoms with Crippen molar-refractivity contribution in [1.29, 1.82) is 0 Å². The van der Waals surface area contributed by atoms with Crippen LogP contribution in [-0.2, 0) is 40.3 Å². The molecule has 2 aromatic heterocycles. The Labute approximate surface area is 289 Å². The number of amides is 4. The van der Waals surface area contributed by atoms with E-state index in [1.807, 2.05) is 66.0 Å². The van der Waals surface area contributed by atoms with E-state index in [1.165, 1.54) is 30.0 Å². The van der Waals surface area contributed by atoms with Gasteiger partial charge in [0.05, 0.1) is 23.5 Å².